The molecule has 7 aromatic rings. The van der Waals surface area contributed by atoms with Crippen LogP contribution in [0.25, 0.3) is 43.8 Å². The summed E-state index contributed by atoms with van der Waals surface area (Å²) < 4.78 is 0. The van der Waals surface area contributed by atoms with Gasteiger partial charge in [0.1, 0.15) is 0 Å². The van der Waals surface area contributed by atoms with Crippen LogP contribution in [0.4, 0.5) is 17.1 Å². The predicted molar refractivity (Wildman–Crippen MR) is 167 cm³/mol. The molecule has 7 aromatic carbocycles. The molecule has 0 saturated carbocycles. The van der Waals surface area contributed by atoms with Crippen LogP contribution in [0.2, 0.25) is 0 Å². The van der Waals surface area contributed by atoms with Crippen molar-refractivity contribution >= 4 is 38.6 Å². The fourth-order valence-corrected chi connectivity index (χ4v) is 5.60. The molecule has 0 aliphatic carbocycles. The number of nitrogens with zero attached hydrogens (tertiary/aromatic N) is 1. The van der Waals surface area contributed by atoms with Crippen molar-refractivity contribution < 1.29 is 0 Å². The molecular weight excluding hydrogens is 470 g/mol. The molecule has 0 saturated heterocycles. The average molecular weight is 498 g/mol. The van der Waals surface area contributed by atoms with Crippen LogP contribution in [0.5, 0.6) is 0 Å². The maximum Gasteiger partial charge on any atom is 0.0624 e. The molecule has 0 amide bonds. The quantitative estimate of drug-likeness (QED) is 0.229. The van der Waals surface area contributed by atoms with Crippen molar-refractivity contribution in [3.05, 3.63) is 164 Å². The Balaban J connectivity index is 1.64. The van der Waals surface area contributed by atoms with Crippen molar-refractivity contribution in [1.82, 2.24) is 0 Å². The Kier molecular flexibility index (Phi) is 5.88. The van der Waals surface area contributed by atoms with E-state index in [1.807, 2.05) is 0 Å². The highest BCUT2D eigenvalue weighted by atomic mass is 15.1. The van der Waals surface area contributed by atoms with Crippen LogP contribution >= 0.6 is 0 Å². The maximum absolute atomic E-state index is 2.43. The minimum atomic E-state index is 1.13. The van der Waals surface area contributed by atoms with Crippen molar-refractivity contribution in [3.63, 3.8) is 0 Å². The first-order chi connectivity index (χ1) is 19.4. The van der Waals surface area contributed by atoms with Gasteiger partial charge in [-0.2, -0.15) is 0 Å². The zero-order valence-corrected chi connectivity index (χ0v) is 21.5. The first kappa shape index (κ1) is 23.0. The zero-order valence-electron chi connectivity index (χ0n) is 21.5. The molecule has 0 spiro atoms. The maximum atomic E-state index is 2.43. The highest BCUT2D eigenvalue weighted by molar-refractivity contribution is 6.11. The van der Waals surface area contributed by atoms with Crippen molar-refractivity contribution in [2.45, 2.75) is 0 Å². The summed E-state index contributed by atoms with van der Waals surface area (Å²) in [5.41, 5.74) is 8.27. The van der Waals surface area contributed by atoms with Gasteiger partial charge in [-0.1, -0.05) is 133 Å². The Morgan fingerprint density at radius 3 is 1.64 bits per heavy atom. The summed E-state index contributed by atoms with van der Waals surface area (Å²) in [4.78, 5) is 2.43. The van der Waals surface area contributed by atoms with E-state index in [9.17, 15) is 0 Å². The van der Waals surface area contributed by atoms with Crippen LogP contribution in [0.3, 0.4) is 0 Å². The minimum Gasteiger partial charge on any atom is -0.309 e. The molecule has 184 valence electrons. The Hall–Kier alpha value is -5.14. The van der Waals surface area contributed by atoms with Crippen LogP contribution < -0.4 is 4.90 Å². The number of hydrogen-bond acceptors (Lipinski definition) is 1. The molecule has 0 aliphatic heterocycles. The van der Waals surface area contributed by atoms with Crippen LogP contribution in [-0.4, -0.2) is 0 Å². The molecule has 39 heavy (non-hydrogen) atoms. The summed E-state index contributed by atoms with van der Waals surface area (Å²) in [6, 6.07) is 58.7. The standard InChI is InChI=1S/C38H27N/c1-4-15-29(16-5-1)36-27-32-20-12-13-23-35(32)38(37(36)30-17-6-2-7-18-30)39(33-21-8-3-9-22-33)34-25-24-28-14-10-11-19-31(28)26-34/h1-27H. The smallest absolute Gasteiger partial charge is 0.0624 e. The molecule has 0 N–H and O–H groups in total. The number of para-hydroxylation sites is 1. The fraction of sp³-hybridized carbons (Fsp3) is 0. The topological polar surface area (TPSA) is 3.24 Å². The molecule has 0 radical (unpaired) electrons. The summed E-state index contributed by atoms with van der Waals surface area (Å²) in [6.07, 6.45) is 0. The largest absolute Gasteiger partial charge is 0.309 e. The second-order valence-electron chi connectivity index (χ2n) is 9.80. The van der Waals surface area contributed by atoms with E-state index in [1.165, 1.54) is 49.5 Å². The third-order valence-corrected chi connectivity index (χ3v) is 7.40. The monoisotopic (exact) mass is 497 g/mol. The van der Waals surface area contributed by atoms with Crippen LogP contribution in [0, 0.1) is 0 Å². The van der Waals surface area contributed by atoms with E-state index in [4.69, 9.17) is 0 Å². The lowest BCUT2D eigenvalue weighted by atomic mass is 9.88. The molecule has 0 unspecified atom stereocenters. The number of anilines is 3. The number of fused-ring (bicyclic) bond motifs is 2. The average Bonchev–Trinajstić information content (AvgIpc) is 3.02. The Morgan fingerprint density at radius 1 is 0.359 bits per heavy atom. The van der Waals surface area contributed by atoms with Crippen LogP contribution in [-0.2, 0) is 0 Å². The van der Waals surface area contributed by atoms with Crippen molar-refractivity contribution in [1.29, 1.82) is 0 Å². The Morgan fingerprint density at radius 2 is 0.923 bits per heavy atom. The molecule has 0 aromatic heterocycles. The Bertz CT molecular complexity index is 1890. The van der Waals surface area contributed by atoms with Gasteiger partial charge in [0, 0.05) is 22.3 Å². The molecule has 1 heteroatoms. The highest BCUT2D eigenvalue weighted by Crippen LogP contribution is 2.49. The van der Waals surface area contributed by atoms with Crippen molar-refractivity contribution in [3.8, 4) is 22.3 Å². The number of rotatable bonds is 5. The van der Waals surface area contributed by atoms with Gasteiger partial charge in [0.2, 0.25) is 0 Å². The first-order valence-electron chi connectivity index (χ1n) is 13.4. The van der Waals surface area contributed by atoms with E-state index in [0.717, 1.165) is 11.4 Å². The number of benzene rings is 7. The van der Waals surface area contributed by atoms with Gasteiger partial charge >= 0.3 is 0 Å². The van der Waals surface area contributed by atoms with Gasteiger partial charge < -0.3 is 4.90 Å². The van der Waals surface area contributed by atoms with E-state index >= 15 is 0 Å². The summed E-state index contributed by atoms with van der Waals surface area (Å²) in [6.45, 7) is 0. The van der Waals surface area contributed by atoms with E-state index in [0.29, 0.717) is 0 Å². The molecular formula is C38H27N. The van der Waals surface area contributed by atoms with E-state index < -0.39 is 0 Å². The molecule has 0 bridgehead atoms. The van der Waals surface area contributed by atoms with Gasteiger partial charge in [0.25, 0.3) is 0 Å². The lowest BCUT2D eigenvalue weighted by Gasteiger charge is -2.31. The van der Waals surface area contributed by atoms with Gasteiger partial charge in [-0.05, 0) is 63.2 Å². The van der Waals surface area contributed by atoms with Gasteiger partial charge in [-0.25, -0.2) is 0 Å². The lowest BCUT2D eigenvalue weighted by Crippen LogP contribution is -2.12. The molecule has 1 nitrogen and oxygen atoms in total. The molecule has 0 aliphatic rings. The molecule has 7 rings (SSSR count). The SMILES string of the molecule is c1ccc(-c2cc3ccccc3c(N(c3ccccc3)c3ccc4ccccc4c3)c2-c2ccccc2)cc1. The summed E-state index contributed by atoms with van der Waals surface area (Å²) in [7, 11) is 0. The molecule has 0 atom stereocenters. The second kappa shape index (κ2) is 9.96. The third kappa shape index (κ3) is 4.24. The predicted octanol–water partition coefficient (Wildman–Crippen LogP) is 10.8. The van der Waals surface area contributed by atoms with Gasteiger partial charge in [0.15, 0.2) is 0 Å². The van der Waals surface area contributed by atoms with Gasteiger partial charge in [0.05, 0.1) is 5.69 Å². The van der Waals surface area contributed by atoms with Gasteiger partial charge in [-0.3, -0.25) is 0 Å². The molecule has 0 fully saturated rings. The Labute approximate surface area is 229 Å². The first-order valence-corrected chi connectivity index (χ1v) is 13.4. The van der Waals surface area contributed by atoms with Crippen LogP contribution in [0.1, 0.15) is 0 Å². The van der Waals surface area contributed by atoms with Crippen molar-refractivity contribution in [2.24, 2.45) is 0 Å². The molecule has 0 heterocycles. The van der Waals surface area contributed by atoms with Gasteiger partial charge in [-0.15, -0.1) is 0 Å². The summed E-state index contributed by atoms with van der Waals surface area (Å²) in [5.74, 6) is 0. The summed E-state index contributed by atoms with van der Waals surface area (Å²) in [5, 5.41) is 4.89. The third-order valence-electron chi connectivity index (χ3n) is 7.40. The minimum absolute atomic E-state index is 1.13. The van der Waals surface area contributed by atoms with Crippen LogP contribution in [0.15, 0.2) is 164 Å². The lowest BCUT2D eigenvalue weighted by molar-refractivity contribution is 1.30. The number of hydrogen-bond donors (Lipinski definition) is 0. The van der Waals surface area contributed by atoms with Crippen molar-refractivity contribution in [2.75, 3.05) is 4.90 Å². The van der Waals surface area contributed by atoms with E-state index in [-0.39, 0.29) is 0 Å². The summed E-state index contributed by atoms with van der Waals surface area (Å²) >= 11 is 0. The second-order valence-corrected chi connectivity index (χ2v) is 9.80. The highest BCUT2D eigenvalue weighted by Gasteiger charge is 2.23. The van der Waals surface area contributed by atoms with E-state index in [2.05, 4.69) is 169 Å². The fourth-order valence-electron chi connectivity index (χ4n) is 5.60. The normalized spacial score (nSPS) is 11.1. The zero-order chi connectivity index (χ0) is 26.0. The van der Waals surface area contributed by atoms with E-state index in [1.54, 1.807) is 0 Å².